The lowest BCUT2D eigenvalue weighted by molar-refractivity contribution is 0.786. The molecule has 0 spiro atoms. The molecule has 0 atom stereocenters. The highest BCUT2D eigenvalue weighted by atomic mass is 15.5. The molecule has 0 aromatic carbocycles. The first-order chi connectivity index (χ1) is 12.1. The number of anilines is 1. The van der Waals surface area contributed by atoms with E-state index in [4.69, 9.17) is 0 Å². The first-order valence-corrected chi connectivity index (χ1v) is 8.02. The Hall–Kier alpha value is -3.29. The predicted molar refractivity (Wildman–Crippen MR) is 93.7 cm³/mol. The van der Waals surface area contributed by atoms with E-state index in [1.165, 1.54) is 4.63 Å². The first kappa shape index (κ1) is 15.3. The fourth-order valence-corrected chi connectivity index (χ4v) is 2.68. The molecule has 0 amide bonds. The zero-order valence-electron chi connectivity index (χ0n) is 14.3. The van der Waals surface area contributed by atoms with Crippen molar-refractivity contribution in [3.8, 4) is 5.82 Å². The largest absolute Gasteiger partial charge is 0.364 e. The fourth-order valence-electron chi connectivity index (χ4n) is 2.68. The van der Waals surface area contributed by atoms with Gasteiger partial charge < -0.3 is 5.32 Å². The molecule has 0 aliphatic carbocycles. The standard InChI is InChI=1S/C17H18N8/c1-11-8-12(2)24(21-11)16-6-4-14(10-19-16)9-18-15-5-7-17-20-13(3)22-25(17)23-15/h4-8,10H,9H2,1-3H3,(H,18,23). The summed E-state index contributed by atoms with van der Waals surface area (Å²) in [5.74, 6) is 2.25. The molecule has 4 heterocycles. The van der Waals surface area contributed by atoms with E-state index in [1.807, 2.05) is 62.0 Å². The second-order valence-corrected chi connectivity index (χ2v) is 5.94. The second kappa shape index (κ2) is 5.97. The number of hydrogen-bond donors (Lipinski definition) is 1. The van der Waals surface area contributed by atoms with Crippen LogP contribution in [0.2, 0.25) is 0 Å². The number of pyridine rings is 1. The van der Waals surface area contributed by atoms with Gasteiger partial charge >= 0.3 is 0 Å². The molecule has 8 heteroatoms. The van der Waals surface area contributed by atoms with E-state index in [-0.39, 0.29) is 0 Å². The van der Waals surface area contributed by atoms with Crippen LogP contribution in [0.3, 0.4) is 0 Å². The summed E-state index contributed by atoms with van der Waals surface area (Å²) in [6.07, 6.45) is 1.84. The smallest absolute Gasteiger partial charge is 0.176 e. The lowest BCUT2D eigenvalue weighted by Gasteiger charge is -2.07. The van der Waals surface area contributed by atoms with Crippen molar-refractivity contribution in [3.05, 3.63) is 59.3 Å². The van der Waals surface area contributed by atoms with Gasteiger partial charge in [-0.25, -0.2) is 14.6 Å². The molecule has 25 heavy (non-hydrogen) atoms. The van der Waals surface area contributed by atoms with Gasteiger partial charge in [0.25, 0.3) is 0 Å². The molecule has 1 N–H and O–H groups in total. The van der Waals surface area contributed by atoms with Crippen molar-refractivity contribution in [3.63, 3.8) is 0 Å². The maximum Gasteiger partial charge on any atom is 0.176 e. The van der Waals surface area contributed by atoms with Crippen molar-refractivity contribution >= 4 is 11.5 Å². The van der Waals surface area contributed by atoms with E-state index >= 15 is 0 Å². The quantitative estimate of drug-likeness (QED) is 0.616. The van der Waals surface area contributed by atoms with Crippen LogP contribution in [0.5, 0.6) is 0 Å². The predicted octanol–water partition coefficient (Wildman–Crippen LogP) is 2.24. The van der Waals surface area contributed by atoms with E-state index in [2.05, 4.69) is 30.6 Å². The maximum atomic E-state index is 4.50. The Kier molecular flexibility index (Phi) is 3.64. The fraction of sp³-hybridized carbons (Fsp3) is 0.235. The van der Waals surface area contributed by atoms with Gasteiger partial charge in [-0.3, -0.25) is 0 Å². The number of aromatic nitrogens is 7. The number of nitrogens with zero attached hydrogens (tertiary/aromatic N) is 7. The molecule has 126 valence electrons. The maximum absolute atomic E-state index is 4.50. The van der Waals surface area contributed by atoms with E-state index in [9.17, 15) is 0 Å². The number of nitrogens with one attached hydrogen (secondary N) is 1. The molecule has 8 nitrogen and oxygen atoms in total. The van der Waals surface area contributed by atoms with Crippen LogP contribution in [0.4, 0.5) is 5.82 Å². The lowest BCUT2D eigenvalue weighted by atomic mass is 10.3. The molecular formula is C17H18N8. The number of fused-ring (bicyclic) bond motifs is 1. The molecule has 0 unspecified atom stereocenters. The van der Waals surface area contributed by atoms with Gasteiger partial charge in [-0.05, 0) is 50.6 Å². The highest BCUT2D eigenvalue weighted by Crippen LogP contribution is 2.12. The Morgan fingerprint density at radius 2 is 1.88 bits per heavy atom. The molecule has 0 fully saturated rings. The van der Waals surface area contributed by atoms with Gasteiger partial charge in [0.1, 0.15) is 11.6 Å². The van der Waals surface area contributed by atoms with Gasteiger partial charge in [0, 0.05) is 18.4 Å². The van der Waals surface area contributed by atoms with Crippen molar-refractivity contribution < 1.29 is 0 Å². The molecule has 4 aromatic rings. The van der Waals surface area contributed by atoms with Gasteiger partial charge in [0.2, 0.25) is 0 Å². The minimum absolute atomic E-state index is 0.622. The molecule has 0 bridgehead atoms. The Balaban J connectivity index is 1.48. The first-order valence-electron chi connectivity index (χ1n) is 8.02. The van der Waals surface area contributed by atoms with Crippen molar-refractivity contribution in [2.24, 2.45) is 0 Å². The van der Waals surface area contributed by atoms with Crippen LogP contribution in [-0.2, 0) is 6.54 Å². The summed E-state index contributed by atoms with van der Waals surface area (Å²) in [5.41, 5.74) is 3.84. The van der Waals surface area contributed by atoms with E-state index in [1.54, 1.807) is 0 Å². The van der Waals surface area contributed by atoms with Crippen molar-refractivity contribution in [2.45, 2.75) is 27.3 Å². The van der Waals surface area contributed by atoms with Gasteiger partial charge in [-0.2, -0.15) is 5.10 Å². The Morgan fingerprint density at radius 1 is 1.00 bits per heavy atom. The molecule has 0 saturated heterocycles. The minimum Gasteiger partial charge on any atom is -0.364 e. The van der Waals surface area contributed by atoms with Gasteiger partial charge in [-0.1, -0.05) is 6.07 Å². The van der Waals surface area contributed by atoms with E-state index < -0.39 is 0 Å². The van der Waals surface area contributed by atoms with Crippen LogP contribution in [-0.4, -0.2) is 34.6 Å². The van der Waals surface area contributed by atoms with Crippen LogP contribution in [0.15, 0.2) is 36.5 Å². The average Bonchev–Trinajstić information content (AvgIpc) is 3.13. The van der Waals surface area contributed by atoms with E-state index in [0.29, 0.717) is 12.4 Å². The van der Waals surface area contributed by atoms with Crippen LogP contribution in [0.1, 0.15) is 22.8 Å². The van der Waals surface area contributed by atoms with Crippen LogP contribution < -0.4 is 5.32 Å². The minimum atomic E-state index is 0.622. The molecule has 0 aliphatic heterocycles. The molecule has 0 radical (unpaired) electrons. The number of rotatable bonds is 4. The van der Waals surface area contributed by atoms with Crippen molar-refractivity contribution in [1.29, 1.82) is 0 Å². The molecular weight excluding hydrogens is 316 g/mol. The van der Waals surface area contributed by atoms with Crippen LogP contribution >= 0.6 is 0 Å². The van der Waals surface area contributed by atoms with Crippen molar-refractivity contribution in [2.75, 3.05) is 5.32 Å². The van der Waals surface area contributed by atoms with Gasteiger partial charge in [0.15, 0.2) is 11.5 Å². The van der Waals surface area contributed by atoms with Crippen LogP contribution in [0.25, 0.3) is 11.5 Å². The number of hydrogen-bond acceptors (Lipinski definition) is 6. The third kappa shape index (κ3) is 3.06. The summed E-state index contributed by atoms with van der Waals surface area (Å²) >= 11 is 0. The molecule has 4 rings (SSSR count). The zero-order valence-corrected chi connectivity index (χ0v) is 14.3. The molecule has 0 saturated carbocycles. The lowest BCUT2D eigenvalue weighted by Crippen LogP contribution is -2.06. The highest BCUT2D eigenvalue weighted by Gasteiger charge is 2.06. The SMILES string of the molecule is Cc1cc(C)n(-c2ccc(CNc3ccc4nc(C)nn4n3)cn2)n1. The molecule has 4 aromatic heterocycles. The van der Waals surface area contributed by atoms with Crippen molar-refractivity contribution in [1.82, 2.24) is 34.6 Å². The Labute approximate surface area is 144 Å². The Bertz CT molecular complexity index is 1030. The van der Waals surface area contributed by atoms with Gasteiger partial charge in [-0.15, -0.1) is 14.8 Å². The van der Waals surface area contributed by atoms with E-state index in [0.717, 1.165) is 34.2 Å². The third-order valence-electron chi connectivity index (χ3n) is 3.82. The summed E-state index contributed by atoms with van der Waals surface area (Å²) in [6.45, 7) is 6.46. The summed E-state index contributed by atoms with van der Waals surface area (Å²) in [7, 11) is 0. The van der Waals surface area contributed by atoms with Gasteiger partial charge in [0.05, 0.1) is 5.69 Å². The summed E-state index contributed by atoms with van der Waals surface area (Å²) in [6, 6.07) is 9.81. The summed E-state index contributed by atoms with van der Waals surface area (Å²) < 4.78 is 3.37. The third-order valence-corrected chi connectivity index (χ3v) is 3.82. The summed E-state index contributed by atoms with van der Waals surface area (Å²) in [4.78, 5) is 8.76. The molecule has 0 aliphatic rings. The monoisotopic (exact) mass is 334 g/mol. The summed E-state index contributed by atoms with van der Waals surface area (Å²) in [5, 5.41) is 16.3. The Morgan fingerprint density at radius 3 is 2.60 bits per heavy atom. The zero-order chi connectivity index (χ0) is 17.4. The van der Waals surface area contributed by atoms with Crippen LogP contribution in [0, 0.1) is 20.8 Å². The topological polar surface area (TPSA) is 85.8 Å². The second-order valence-electron chi connectivity index (χ2n) is 5.94. The highest BCUT2D eigenvalue weighted by molar-refractivity contribution is 5.43. The normalized spacial score (nSPS) is 11.2. The average molecular weight is 334 g/mol. The number of aryl methyl sites for hydroxylation is 3.